The van der Waals surface area contributed by atoms with E-state index >= 15 is 0 Å². The van der Waals surface area contributed by atoms with Gasteiger partial charge in [-0.3, -0.25) is 4.79 Å². The topological polar surface area (TPSA) is 26.3 Å². The standard InChI is InChI=1S/C15H16O2/c1-11-4-9-14(16)15(2,10-11)12-5-7-13(17-3)8-6-12/h4-10H,1-3H3. The molecule has 0 spiro atoms. The van der Waals surface area contributed by atoms with Crippen LogP contribution < -0.4 is 4.74 Å². The summed E-state index contributed by atoms with van der Waals surface area (Å²) in [6, 6.07) is 7.66. The van der Waals surface area contributed by atoms with E-state index in [0.717, 1.165) is 16.9 Å². The van der Waals surface area contributed by atoms with Gasteiger partial charge in [0.05, 0.1) is 12.5 Å². The van der Waals surface area contributed by atoms with Crippen molar-refractivity contribution in [3.63, 3.8) is 0 Å². The van der Waals surface area contributed by atoms with Crippen molar-refractivity contribution < 1.29 is 9.53 Å². The fourth-order valence-corrected chi connectivity index (χ4v) is 2.12. The molecule has 2 nitrogen and oxygen atoms in total. The highest BCUT2D eigenvalue weighted by Gasteiger charge is 2.32. The van der Waals surface area contributed by atoms with Crippen LogP contribution in [0.15, 0.2) is 48.1 Å². The van der Waals surface area contributed by atoms with Gasteiger partial charge in [0.15, 0.2) is 5.78 Å². The number of hydrogen-bond acceptors (Lipinski definition) is 2. The van der Waals surface area contributed by atoms with Crippen LogP contribution in [0, 0.1) is 0 Å². The zero-order chi connectivity index (χ0) is 12.5. The van der Waals surface area contributed by atoms with Crippen LogP contribution in [0.3, 0.4) is 0 Å². The average molecular weight is 228 g/mol. The van der Waals surface area contributed by atoms with Gasteiger partial charge in [-0.1, -0.05) is 29.9 Å². The molecular weight excluding hydrogens is 212 g/mol. The Morgan fingerprint density at radius 2 is 1.76 bits per heavy atom. The van der Waals surface area contributed by atoms with Crippen molar-refractivity contribution in [2.45, 2.75) is 19.3 Å². The molecule has 2 rings (SSSR count). The Bertz CT molecular complexity index is 494. The molecule has 0 bridgehead atoms. The van der Waals surface area contributed by atoms with Crippen LogP contribution in [0.5, 0.6) is 5.75 Å². The number of hydrogen-bond donors (Lipinski definition) is 0. The summed E-state index contributed by atoms with van der Waals surface area (Å²) in [4.78, 5) is 12.1. The lowest BCUT2D eigenvalue weighted by Gasteiger charge is -2.27. The molecule has 1 aliphatic carbocycles. The van der Waals surface area contributed by atoms with Crippen LogP contribution in [0.4, 0.5) is 0 Å². The largest absolute Gasteiger partial charge is 0.497 e. The molecule has 88 valence electrons. The summed E-state index contributed by atoms with van der Waals surface area (Å²) in [5.74, 6) is 0.921. The number of ketones is 1. The van der Waals surface area contributed by atoms with Gasteiger partial charge in [0.1, 0.15) is 5.75 Å². The molecule has 2 heteroatoms. The molecule has 0 amide bonds. The maximum atomic E-state index is 12.1. The Labute approximate surface area is 102 Å². The third kappa shape index (κ3) is 2.03. The minimum absolute atomic E-state index is 0.119. The minimum Gasteiger partial charge on any atom is -0.497 e. The van der Waals surface area contributed by atoms with Gasteiger partial charge < -0.3 is 4.74 Å². The van der Waals surface area contributed by atoms with Gasteiger partial charge in [-0.25, -0.2) is 0 Å². The third-order valence-corrected chi connectivity index (χ3v) is 3.22. The van der Waals surface area contributed by atoms with E-state index in [4.69, 9.17) is 4.74 Å². The van der Waals surface area contributed by atoms with Crippen molar-refractivity contribution in [3.05, 3.63) is 53.6 Å². The van der Waals surface area contributed by atoms with Gasteiger partial charge in [-0.15, -0.1) is 0 Å². The van der Waals surface area contributed by atoms with Crippen molar-refractivity contribution >= 4 is 5.78 Å². The summed E-state index contributed by atoms with van der Waals surface area (Å²) < 4.78 is 5.12. The smallest absolute Gasteiger partial charge is 0.169 e. The molecule has 0 aliphatic heterocycles. The SMILES string of the molecule is COc1ccc(C2(C)C=C(C)C=CC2=O)cc1. The first-order valence-corrected chi connectivity index (χ1v) is 5.63. The Balaban J connectivity index is 2.43. The molecule has 0 saturated heterocycles. The van der Waals surface area contributed by atoms with Gasteiger partial charge in [0.25, 0.3) is 0 Å². The van der Waals surface area contributed by atoms with Crippen molar-refractivity contribution in [1.82, 2.24) is 0 Å². The Kier molecular flexibility index (Phi) is 2.88. The monoisotopic (exact) mass is 228 g/mol. The van der Waals surface area contributed by atoms with Crippen LogP contribution in [-0.4, -0.2) is 12.9 Å². The molecule has 1 aromatic carbocycles. The fourth-order valence-electron chi connectivity index (χ4n) is 2.12. The molecule has 17 heavy (non-hydrogen) atoms. The maximum absolute atomic E-state index is 12.1. The molecule has 0 aromatic heterocycles. The number of allylic oxidation sites excluding steroid dienone is 4. The van der Waals surface area contributed by atoms with E-state index in [1.54, 1.807) is 13.2 Å². The molecule has 0 N–H and O–H groups in total. The van der Waals surface area contributed by atoms with Crippen LogP contribution in [0.25, 0.3) is 0 Å². The third-order valence-electron chi connectivity index (χ3n) is 3.22. The summed E-state index contributed by atoms with van der Waals surface area (Å²) in [7, 11) is 1.63. The average Bonchev–Trinajstić information content (AvgIpc) is 2.34. The Hall–Kier alpha value is -1.83. The number of rotatable bonds is 2. The van der Waals surface area contributed by atoms with E-state index < -0.39 is 5.41 Å². The normalized spacial score (nSPS) is 23.5. The number of benzene rings is 1. The highest BCUT2D eigenvalue weighted by atomic mass is 16.5. The first kappa shape index (κ1) is 11.6. The lowest BCUT2D eigenvalue weighted by Crippen LogP contribution is -2.31. The highest BCUT2D eigenvalue weighted by molar-refractivity contribution is 6.02. The lowest BCUT2D eigenvalue weighted by atomic mass is 9.75. The van der Waals surface area contributed by atoms with Crippen LogP contribution >= 0.6 is 0 Å². The second-order valence-electron chi connectivity index (χ2n) is 4.52. The molecule has 0 fully saturated rings. The second kappa shape index (κ2) is 4.21. The maximum Gasteiger partial charge on any atom is 0.169 e. The fraction of sp³-hybridized carbons (Fsp3) is 0.267. The van der Waals surface area contributed by atoms with E-state index in [0.29, 0.717) is 0 Å². The molecule has 0 saturated carbocycles. The van der Waals surface area contributed by atoms with Gasteiger partial charge in [0.2, 0.25) is 0 Å². The van der Waals surface area contributed by atoms with E-state index in [2.05, 4.69) is 0 Å². The molecule has 0 heterocycles. The lowest BCUT2D eigenvalue weighted by molar-refractivity contribution is -0.118. The predicted molar refractivity (Wildman–Crippen MR) is 68.3 cm³/mol. The van der Waals surface area contributed by atoms with Crippen molar-refractivity contribution in [1.29, 1.82) is 0 Å². The van der Waals surface area contributed by atoms with Crippen LogP contribution in [-0.2, 0) is 10.2 Å². The summed E-state index contributed by atoms with van der Waals surface area (Å²) in [5, 5.41) is 0. The van der Waals surface area contributed by atoms with E-state index in [1.807, 2.05) is 50.3 Å². The van der Waals surface area contributed by atoms with Gasteiger partial charge in [-0.2, -0.15) is 0 Å². The number of methoxy groups -OCH3 is 1. The zero-order valence-electron chi connectivity index (χ0n) is 10.4. The number of carbonyl (C=O) groups excluding carboxylic acids is 1. The summed E-state index contributed by atoms with van der Waals surface area (Å²) in [6.45, 7) is 3.95. The van der Waals surface area contributed by atoms with Crippen LogP contribution in [0.1, 0.15) is 19.4 Å². The van der Waals surface area contributed by atoms with E-state index in [1.165, 1.54) is 0 Å². The molecule has 0 radical (unpaired) electrons. The first-order chi connectivity index (χ1) is 8.06. The molecule has 1 unspecified atom stereocenters. The summed E-state index contributed by atoms with van der Waals surface area (Å²) in [5.41, 5.74) is 1.56. The van der Waals surface area contributed by atoms with Crippen molar-refractivity contribution in [3.8, 4) is 5.75 Å². The Morgan fingerprint density at radius 3 is 2.35 bits per heavy atom. The van der Waals surface area contributed by atoms with E-state index in [-0.39, 0.29) is 5.78 Å². The Morgan fingerprint density at radius 1 is 1.12 bits per heavy atom. The second-order valence-corrected chi connectivity index (χ2v) is 4.52. The van der Waals surface area contributed by atoms with Gasteiger partial charge in [-0.05, 0) is 37.6 Å². The van der Waals surface area contributed by atoms with Crippen LogP contribution in [0.2, 0.25) is 0 Å². The van der Waals surface area contributed by atoms with Crippen molar-refractivity contribution in [2.75, 3.05) is 7.11 Å². The van der Waals surface area contributed by atoms with Gasteiger partial charge in [0, 0.05) is 0 Å². The minimum atomic E-state index is -0.550. The number of carbonyl (C=O) groups is 1. The molecular formula is C15H16O2. The first-order valence-electron chi connectivity index (χ1n) is 5.63. The predicted octanol–water partition coefficient (Wildman–Crippen LogP) is 3.04. The van der Waals surface area contributed by atoms with E-state index in [9.17, 15) is 4.79 Å². The van der Waals surface area contributed by atoms with Crippen molar-refractivity contribution in [2.24, 2.45) is 0 Å². The molecule has 1 aromatic rings. The summed E-state index contributed by atoms with van der Waals surface area (Å²) in [6.07, 6.45) is 5.52. The molecule has 1 aliphatic rings. The highest BCUT2D eigenvalue weighted by Crippen LogP contribution is 2.32. The molecule has 1 atom stereocenters. The number of ether oxygens (including phenoxy) is 1. The van der Waals surface area contributed by atoms with Gasteiger partial charge >= 0.3 is 0 Å². The zero-order valence-corrected chi connectivity index (χ0v) is 10.4. The quantitative estimate of drug-likeness (QED) is 0.777. The summed E-state index contributed by atoms with van der Waals surface area (Å²) >= 11 is 0.